The third kappa shape index (κ3) is 2.26. The molecule has 7 heteroatoms. The molecule has 0 spiro atoms. The Labute approximate surface area is 113 Å². The number of hydrogen-bond donors (Lipinski definition) is 2. The zero-order chi connectivity index (χ0) is 13.3. The number of hydrogen-bond acceptors (Lipinski definition) is 3. The van der Waals surface area contributed by atoms with E-state index in [9.17, 15) is 9.59 Å². The molecule has 2 N–H and O–H groups in total. The van der Waals surface area contributed by atoms with Crippen molar-refractivity contribution in [3.8, 4) is 6.07 Å². The van der Waals surface area contributed by atoms with E-state index >= 15 is 0 Å². The van der Waals surface area contributed by atoms with Crippen molar-refractivity contribution >= 4 is 35.1 Å². The van der Waals surface area contributed by atoms with Gasteiger partial charge in [0.05, 0.1) is 22.2 Å². The number of urea groups is 1. The summed E-state index contributed by atoms with van der Waals surface area (Å²) in [5, 5.41) is 14.2. The van der Waals surface area contributed by atoms with E-state index in [0.29, 0.717) is 15.6 Å². The Morgan fingerprint density at radius 3 is 2.56 bits per heavy atom. The molecule has 18 heavy (non-hydrogen) atoms. The topological polar surface area (TPSA) is 82.0 Å². The third-order valence-electron chi connectivity index (χ3n) is 2.58. The van der Waals surface area contributed by atoms with Gasteiger partial charge in [0.15, 0.2) is 0 Å². The highest BCUT2D eigenvalue weighted by Crippen LogP contribution is 2.30. The Morgan fingerprint density at radius 2 is 1.94 bits per heavy atom. The number of nitrogens with zero attached hydrogens (tertiary/aromatic N) is 1. The molecule has 3 amide bonds. The van der Waals surface area contributed by atoms with Gasteiger partial charge in [0.25, 0.3) is 0 Å². The summed E-state index contributed by atoms with van der Waals surface area (Å²) in [5.74, 6) is -1.63. The quantitative estimate of drug-likeness (QED) is 0.827. The summed E-state index contributed by atoms with van der Waals surface area (Å²) >= 11 is 11.7. The summed E-state index contributed by atoms with van der Waals surface area (Å²) < 4.78 is 0. The van der Waals surface area contributed by atoms with Gasteiger partial charge in [0.2, 0.25) is 5.91 Å². The summed E-state index contributed by atoms with van der Waals surface area (Å²) in [6.07, 6.45) is 0. The highest BCUT2D eigenvalue weighted by atomic mass is 35.5. The van der Waals surface area contributed by atoms with Crippen molar-refractivity contribution in [2.45, 2.75) is 6.04 Å². The molecule has 0 bridgehead atoms. The van der Waals surface area contributed by atoms with Crippen molar-refractivity contribution in [2.75, 3.05) is 0 Å². The molecule has 1 aromatic carbocycles. The fourth-order valence-electron chi connectivity index (χ4n) is 1.72. The number of imide groups is 1. The first kappa shape index (κ1) is 12.7. The minimum Gasteiger partial charge on any atom is -0.329 e. The van der Waals surface area contributed by atoms with Crippen LogP contribution in [-0.4, -0.2) is 11.9 Å². The number of carbonyl (C=O) groups is 2. The Morgan fingerprint density at radius 1 is 1.22 bits per heavy atom. The van der Waals surface area contributed by atoms with Crippen molar-refractivity contribution < 1.29 is 9.59 Å². The molecule has 1 saturated heterocycles. The molecule has 92 valence electrons. The number of nitriles is 1. The van der Waals surface area contributed by atoms with Crippen molar-refractivity contribution in [1.82, 2.24) is 10.6 Å². The number of benzene rings is 1. The van der Waals surface area contributed by atoms with Crippen LogP contribution in [0.4, 0.5) is 4.79 Å². The van der Waals surface area contributed by atoms with E-state index in [4.69, 9.17) is 28.5 Å². The molecular weight excluding hydrogens is 277 g/mol. The van der Waals surface area contributed by atoms with Gasteiger partial charge < -0.3 is 5.32 Å². The largest absolute Gasteiger partial charge is 0.329 e. The molecule has 2 rings (SSSR count). The van der Waals surface area contributed by atoms with Gasteiger partial charge in [-0.3, -0.25) is 10.1 Å². The van der Waals surface area contributed by atoms with Crippen molar-refractivity contribution in [3.05, 3.63) is 33.8 Å². The van der Waals surface area contributed by atoms with Crippen molar-refractivity contribution in [1.29, 1.82) is 5.26 Å². The van der Waals surface area contributed by atoms with Crippen LogP contribution >= 0.6 is 23.2 Å². The molecule has 1 aliphatic rings. The van der Waals surface area contributed by atoms with Gasteiger partial charge in [0.1, 0.15) is 5.92 Å². The van der Waals surface area contributed by atoms with E-state index in [0.717, 1.165) is 0 Å². The number of rotatable bonds is 1. The number of halogens is 2. The molecule has 0 aliphatic carbocycles. The van der Waals surface area contributed by atoms with Gasteiger partial charge in [-0.2, -0.15) is 5.26 Å². The minimum absolute atomic E-state index is 0.297. The molecule has 0 aromatic heterocycles. The molecular formula is C11H7Cl2N3O2. The summed E-state index contributed by atoms with van der Waals surface area (Å²) in [7, 11) is 0. The second-order valence-electron chi connectivity index (χ2n) is 3.72. The lowest BCUT2D eigenvalue weighted by Gasteiger charge is -2.27. The normalized spacial score (nSPS) is 22.9. The molecule has 1 heterocycles. The van der Waals surface area contributed by atoms with E-state index in [1.165, 1.54) is 6.07 Å². The fraction of sp³-hybridized carbons (Fsp3) is 0.182. The highest BCUT2D eigenvalue weighted by Gasteiger charge is 2.36. The van der Waals surface area contributed by atoms with E-state index in [1.54, 1.807) is 12.1 Å². The molecule has 2 unspecified atom stereocenters. The zero-order valence-corrected chi connectivity index (χ0v) is 10.4. The maximum Gasteiger partial charge on any atom is 0.322 e. The second kappa shape index (κ2) is 4.84. The lowest BCUT2D eigenvalue weighted by Crippen LogP contribution is -2.53. The summed E-state index contributed by atoms with van der Waals surface area (Å²) in [6.45, 7) is 0. The number of amides is 3. The minimum atomic E-state index is -1.00. The first-order valence-corrected chi connectivity index (χ1v) is 5.74. The van der Waals surface area contributed by atoms with Gasteiger partial charge in [0, 0.05) is 0 Å². The average Bonchev–Trinajstić information content (AvgIpc) is 2.32. The van der Waals surface area contributed by atoms with Crippen LogP contribution < -0.4 is 10.6 Å². The van der Waals surface area contributed by atoms with Crippen LogP contribution in [0.5, 0.6) is 0 Å². The molecule has 1 fully saturated rings. The zero-order valence-electron chi connectivity index (χ0n) is 8.91. The number of nitrogens with one attached hydrogen (secondary N) is 2. The highest BCUT2D eigenvalue weighted by molar-refractivity contribution is 6.42. The molecule has 0 radical (unpaired) electrons. The van der Waals surface area contributed by atoms with Gasteiger partial charge in [-0.15, -0.1) is 0 Å². The van der Waals surface area contributed by atoms with Gasteiger partial charge in [-0.05, 0) is 17.7 Å². The van der Waals surface area contributed by atoms with Gasteiger partial charge in [-0.25, -0.2) is 4.79 Å². The van der Waals surface area contributed by atoms with Crippen LogP contribution in [0.25, 0.3) is 0 Å². The lowest BCUT2D eigenvalue weighted by atomic mass is 9.92. The predicted octanol–water partition coefficient (Wildman–Crippen LogP) is 2.01. The maximum atomic E-state index is 11.5. The Balaban J connectivity index is 2.40. The van der Waals surface area contributed by atoms with E-state index in [-0.39, 0.29) is 0 Å². The van der Waals surface area contributed by atoms with Crippen molar-refractivity contribution in [2.24, 2.45) is 5.92 Å². The average molecular weight is 284 g/mol. The van der Waals surface area contributed by atoms with Gasteiger partial charge in [-0.1, -0.05) is 29.3 Å². The summed E-state index contributed by atoms with van der Waals surface area (Å²) in [6, 6.07) is 5.17. The number of carbonyl (C=O) groups excluding carboxylic acids is 2. The molecule has 1 aromatic rings. The first-order valence-electron chi connectivity index (χ1n) is 4.99. The Bertz CT molecular complexity index is 568. The molecule has 0 saturated carbocycles. The third-order valence-corrected chi connectivity index (χ3v) is 3.32. The molecule has 1 aliphatic heterocycles. The van der Waals surface area contributed by atoms with Crippen LogP contribution in [0.3, 0.4) is 0 Å². The van der Waals surface area contributed by atoms with Crippen LogP contribution in [0, 0.1) is 17.2 Å². The van der Waals surface area contributed by atoms with Crippen molar-refractivity contribution in [3.63, 3.8) is 0 Å². The Hall–Kier alpha value is -1.77. The predicted molar refractivity (Wildman–Crippen MR) is 65.0 cm³/mol. The van der Waals surface area contributed by atoms with E-state index < -0.39 is 23.9 Å². The summed E-state index contributed by atoms with van der Waals surface area (Å²) in [4.78, 5) is 22.8. The lowest BCUT2D eigenvalue weighted by molar-refractivity contribution is -0.124. The smallest absolute Gasteiger partial charge is 0.322 e. The van der Waals surface area contributed by atoms with Crippen LogP contribution in [0.1, 0.15) is 11.6 Å². The van der Waals surface area contributed by atoms with Crippen LogP contribution in [0.15, 0.2) is 18.2 Å². The monoisotopic (exact) mass is 283 g/mol. The second-order valence-corrected chi connectivity index (χ2v) is 4.54. The van der Waals surface area contributed by atoms with Crippen LogP contribution in [-0.2, 0) is 4.79 Å². The summed E-state index contributed by atoms with van der Waals surface area (Å²) in [5.41, 5.74) is 0.555. The van der Waals surface area contributed by atoms with E-state index in [1.807, 2.05) is 11.4 Å². The fourth-order valence-corrected chi connectivity index (χ4v) is 2.02. The Kier molecular flexibility index (Phi) is 3.41. The molecule has 2 atom stereocenters. The molecule has 5 nitrogen and oxygen atoms in total. The van der Waals surface area contributed by atoms with Crippen LogP contribution in [0.2, 0.25) is 10.0 Å². The maximum absolute atomic E-state index is 11.5. The first-order chi connectivity index (χ1) is 8.52. The van der Waals surface area contributed by atoms with Gasteiger partial charge >= 0.3 is 6.03 Å². The van der Waals surface area contributed by atoms with E-state index in [2.05, 4.69) is 5.32 Å². The standard InChI is InChI=1S/C11H7Cl2N3O2/c12-7-2-1-5(3-8(7)13)9-6(4-14)10(17)16-11(18)15-9/h1-3,6,9H,(H2,15,16,17,18). The SMILES string of the molecule is N#CC1C(=O)NC(=O)NC1c1ccc(Cl)c(Cl)c1.